The summed E-state index contributed by atoms with van der Waals surface area (Å²) in [6.45, 7) is 3.31. The van der Waals surface area contributed by atoms with Gasteiger partial charge in [0.15, 0.2) is 5.82 Å². The third kappa shape index (κ3) is 2.41. The van der Waals surface area contributed by atoms with Crippen LogP contribution in [0.15, 0.2) is 4.52 Å². The van der Waals surface area contributed by atoms with Crippen LogP contribution in [0, 0.1) is 5.92 Å². The van der Waals surface area contributed by atoms with E-state index in [1.165, 1.54) is 12.8 Å². The highest BCUT2D eigenvalue weighted by molar-refractivity contribution is 4.97. The minimum Gasteiger partial charge on any atom is -0.381 e. The first kappa shape index (κ1) is 10.2. The number of aromatic nitrogens is 2. The SMILES string of the molecule is C1CC(c2noc(CNCC3CC3)n2)CO1. The molecule has 88 valence electrons. The Balaban J connectivity index is 1.50. The molecule has 0 aromatic carbocycles. The molecule has 1 saturated carbocycles. The first-order valence-corrected chi connectivity index (χ1v) is 6.03. The summed E-state index contributed by atoms with van der Waals surface area (Å²) in [5.74, 6) is 2.72. The van der Waals surface area contributed by atoms with Gasteiger partial charge in [-0.05, 0) is 31.7 Å². The van der Waals surface area contributed by atoms with Crippen LogP contribution in [0.1, 0.15) is 36.9 Å². The Morgan fingerprint density at radius 3 is 3.00 bits per heavy atom. The lowest BCUT2D eigenvalue weighted by atomic mass is 10.1. The Bertz CT molecular complexity index is 343. The fourth-order valence-electron chi connectivity index (χ4n) is 1.95. The van der Waals surface area contributed by atoms with Gasteiger partial charge in [-0.2, -0.15) is 4.98 Å². The molecule has 0 radical (unpaired) electrons. The minimum atomic E-state index is 0.334. The average molecular weight is 223 g/mol. The molecular formula is C11H17N3O2. The van der Waals surface area contributed by atoms with Crippen molar-refractivity contribution in [3.05, 3.63) is 11.7 Å². The zero-order chi connectivity index (χ0) is 10.8. The first-order valence-electron chi connectivity index (χ1n) is 6.03. The van der Waals surface area contributed by atoms with Crippen molar-refractivity contribution >= 4 is 0 Å². The fourth-order valence-corrected chi connectivity index (χ4v) is 1.95. The number of rotatable bonds is 5. The van der Waals surface area contributed by atoms with E-state index in [0.717, 1.165) is 37.9 Å². The summed E-state index contributed by atoms with van der Waals surface area (Å²) >= 11 is 0. The van der Waals surface area contributed by atoms with Crippen molar-refractivity contribution < 1.29 is 9.26 Å². The van der Waals surface area contributed by atoms with Crippen LogP contribution in [0.3, 0.4) is 0 Å². The summed E-state index contributed by atoms with van der Waals surface area (Å²) in [5.41, 5.74) is 0. The Labute approximate surface area is 94.6 Å². The van der Waals surface area contributed by atoms with Crippen molar-refractivity contribution in [2.45, 2.75) is 31.7 Å². The highest BCUT2D eigenvalue weighted by atomic mass is 16.5. The normalized spacial score (nSPS) is 25.1. The number of ether oxygens (including phenoxy) is 1. The molecule has 1 unspecified atom stereocenters. The van der Waals surface area contributed by atoms with Gasteiger partial charge in [0.1, 0.15) is 0 Å². The third-order valence-corrected chi connectivity index (χ3v) is 3.18. The van der Waals surface area contributed by atoms with E-state index >= 15 is 0 Å². The molecular weight excluding hydrogens is 206 g/mol. The van der Waals surface area contributed by atoms with Crippen molar-refractivity contribution in [1.82, 2.24) is 15.5 Å². The van der Waals surface area contributed by atoms with Gasteiger partial charge >= 0.3 is 0 Å². The van der Waals surface area contributed by atoms with Crippen LogP contribution in [0.4, 0.5) is 0 Å². The predicted octanol–water partition coefficient (Wildman–Crippen LogP) is 1.07. The molecule has 1 aromatic rings. The van der Waals surface area contributed by atoms with Crippen LogP contribution in [0.2, 0.25) is 0 Å². The lowest BCUT2D eigenvalue weighted by molar-refractivity contribution is 0.192. The molecule has 3 rings (SSSR count). The molecule has 2 fully saturated rings. The zero-order valence-corrected chi connectivity index (χ0v) is 9.32. The van der Waals surface area contributed by atoms with E-state index in [2.05, 4.69) is 15.5 Å². The second-order valence-corrected chi connectivity index (χ2v) is 4.68. The van der Waals surface area contributed by atoms with Gasteiger partial charge < -0.3 is 14.6 Å². The lowest BCUT2D eigenvalue weighted by Gasteiger charge is -1.98. The molecule has 1 atom stereocenters. The van der Waals surface area contributed by atoms with Crippen LogP contribution in [-0.2, 0) is 11.3 Å². The van der Waals surface area contributed by atoms with Crippen molar-refractivity contribution in [2.75, 3.05) is 19.8 Å². The van der Waals surface area contributed by atoms with Crippen LogP contribution in [0.5, 0.6) is 0 Å². The molecule has 1 aliphatic carbocycles. The third-order valence-electron chi connectivity index (χ3n) is 3.18. The van der Waals surface area contributed by atoms with Gasteiger partial charge in [0.2, 0.25) is 5.89 Å². The van der Waals surface area contributed by atoms with Gasteiger partial charge in [0.25, 0.3) is 0 Å². The maximum absolute atomic E-state index is 5.30. The highest BCUT2D eigenvalue weighted by Crippen LogP contribution is 2.27. The fraction of sp³-hybridized carbons (Fsp3) is 0.818. The van der Waals surface area contributed by atoms with Crippen LogP contribution in [-0.4, -0.2) is 29.9 Å². The molecule has 0 bridgehead atoms. The van der Waals surface area contributed by atoms with Crippen molar-refractivity contribution in [3.8, 4) is 0 Å². The topological polar surface area (TPSA) is 60.2 Å². The monoisotopic (exact) mass is 223 g/mol. The number of hydrogen-bond acceptors (Lipinski definition) is 5. The number of nitrogens with zero attached hydrogens (tertiary/aromatic N) is 2. The summed E-state index contributed by atoms with van der Waals surface area (Å²) in [5, 5.41) is 7.35. The van der Waals surface area contributed by atoms with Crippen LogP contribution >= 0.6 is 0 Å². The molecule has 1 aliphatic heterocycles. The maximum atomic E-state index is 5.30. The van der Waals surface area contributed by atoms with Gasteiger partial charge in [-0.1, -0.05) is 5.16 Å². The molecule has 2 aliphatic rings. The van der Waals surface area contributed by atoms with E-state index < -0.39 is 0 Å². The molecule has 2 heterocycles. The van der Waals surface area contributed by atoms with Gasteiger partial charge in [-0.3, -0.25) is 0 Å². The summed E-state index contributed by atoms with van der Waals surface area (Å²) in [6, 6.07) is 0. The second kappa shape index (κ2) is 4.51. The molecule has 16 heavy (non-hydrogen) atoms. The van der Waals surface area contributed by atoms with E-state index in [1.807, 2.05) is 0 Å². The van der Waals surface area contributed by atoms with Crippen molar-refractivity contribution in [3.63, 3.8) is 0 Å². The summed E-state index contributed by atoms with van der Waals surface area (Å²) in [4.78, 5) is 4.39. The van der Waals surface area contributed by atoms with E-state index in [9.17, 15) is 0 Å². The van der Waals surface area contributed by atoms with Gasteiger partial charge in [-0.25, -0.2) is 0 Å². The maximum Gasteiger partial charge on any atom is 0.240 e. The molecule has 5 heteroatoms. The second-order valence-electron chi connectivity index (χ2n) is 4.68. The van der Waals surface area contributed by atoms with Crippen molar-refractivity contribution in [1.29, 1.82) is 0 Å². The van der Waals surface area contributed by atoms with E-state index in [1.54, 1.807) is 0 Å². The quantitative estimate of drug-likeness (QED) is 0.809. The Kier molecular flexibility index (Phi) is 2.88. The average Bonchev–Trinajstić information content (AvgIpc) is 2.83. The standard InChI is InChI=1S/C11H17N3O2/c1-2-8(1)5-12-6-10-13-11(14-16-10)9-3-4-15-7-9/h8-9,12H,1-7H2. The molecule has 0 spiro atoms. The molecule has 5 nitrogen and oxygen atoms in total. The Morgan fingerprint density at radius 1 is 1.31 bits per heavy atom. The van der Waals surface area contributed by atoms with Crippen LogP contribution < -0.4 is 5.32 Å². The molecule has 1 aromatic heterocycles. The lowest BCUT2D eigenvalue weighted by Crippen LogP contribution is -2.16. The predicted molar refractivity (Wildman–Crippen MR) is 56.9 cm³/mol. The molecule has 0 amide bonds. The summed E-state index contributed by atoms with van der Waals surface area (Å²) in [6.07, 6.45) is 3.73. The van der Waals surface area contributed by atoms with Crippen molar-refractivity contribution in [2.24, 2.45) is 5.92 Å². The van der Waals surface area contributed by atoms with Gasteiger partial charge in [0, 0.05) is 12.5 Å². The van der Waals surface area contributed by atoms with E-state index in [-0.39, 0.29) is 0 Å². The smallest absolute Gasteiger partial charge is 0.240 e. The molecule has 1 saturated heterocycles. The Hall–Kier alpha value is -0.940. The highest BCUT2D eigenvalue weighted by Gasteiger charge is 2.23. The van der Waals surface area contributed by atoms with E-state index in [4.69, 9.17) is 9.26 Å². The van der Waals surface area contributed by atoms with E-state index in [0.29, 0.717) is 18.4 Å². The minimum absolute atomic E-state index is 0.334. The van der Waals surface area contributed by atoms with Gasteiger partial charge in [-0.15, -0.1) is 0 Å². The number of nitrogens with one attached hydrogen (secondary N) is 1. The zero-order valence-electron chi connectivity index (χ0n) is 9.32. The van der Waals surface area contributed by atoms with Crippen LogP contribution in [0.25, 0.3) is 0 Å². The first-order chi connectivity index (χ1) is 7.92. The number of hydrogen-bond donors (Lipinski definition) is 1. The summed E-state index contributed by atoms with van der Waals surface area (Å²) < 4.78 is 10.5. The molecule has 1 N–H and O–H groups in total. The largest absolute Gasteiger partial charge is 0.381 e. The summed E-state index contributed by atoms with van der Waals surface area (Å²) in [7, 11) is 0. The van der Waals surface area contributed by atoms with Gasteiger partial charge in [0.05, 0.1) is 13.2 Å². The Morgan fingerprint density at radius 2 is 2.25 bits per heavy atom.